The first-order valence-electron chi connectivity index (χ1n) is 10.9. The van der Waals surface area contributed by atoms with Crippen molar-refractivity contribution in [3.63, 3.8) is 0 Å². The van der Waals surface area contributed by atoms with Crippen LogP contribution in [-0.4, -0.2) is 28.0 Å². The van der Waals surface area contributed by atoms with Crippen molar-refractivity contribution in [2.24, 2.45) is 0 Å². The lowest BCUT2D eigenvalue weighted by molar-refractivity contribution is -0.123. The molecule has 0 fully saturated rings. The fourth-order valence-electron chi connectivity index (χ4n) is 3.50. The van der Waals surface area contributed by atoms with Crippen molar-refractivity contribution in [2.75, 3.05) is 18.4 Å². The Kier molecular flexibility index (Phi) is 7.83. The predicted octanol–water partition coefficient (Wildman–Crippen LogP) is 4.68. The fourth-order valence-corrected chi connectivity index (χ4v) is 4.63. The minimum absolute atomic E-state index is 0.116. The number of hydrogen-bond acceptors (Lipinski definition) is 5. The van der Waals surface area contributed by atoms with E-state index in [-0.39, 0.29) is 23.5 Å². The normalized spacial score (nSPS) is 12.0. The van der Waals surface area contributed by atoms with E-state index < -0.39 is 10.0 Å². The van der Waals surface area contributed by atoms with Crippen LogP contribution < -0.4 is 19.5 Å². The van der Waals surface area contributed by atoms with Gasteiger partial charge in [0.1, 0.15) is 11.5 Å². The Morgan fingerprint density at radius 1 is 0.912 bits per heavy atom. The maximum atomic E-state index is 12.8. The summed E-state index contributed by atoms with van der Waals surface area (Å²) in [6.07, 6.45) is 0. The smallest absolute Gasteiger partial charge is 0.261 e. The fraction of sp³-hybridized carbons (Fsp3) is 0.269. The van der Waals surface area contributed by atoms with E-state index >= 15 is 0 Å². The Balaban J connectivity index is 1.63. The molecule has 0 aliphatic rings. The highest BCUT2D eigenvalue weighted by Crippen LogP contribution is 2.26. The van der Waals surface area contributed by atoms with Crippen molar-refractivity contribution < 1.29 is 22.7 Å². The molecule has 8 heteroatoms. The van der Waals surface area contributed by atoms with Crippen LogP contribution >= 0.6 is 0 Å². The van der Waals surface area contributed by atoms with E-state index in [1.165, 1.54) is 12.1 Å². The molecular formula is C26H30N2O5S. The van der Waals surface area contributed by atoms with E-state index in [1.54, 1.807) is 32.2 Å². The Morgan fingerprint density at radius 3 is 2.32 bits per heavy atom. The van der Waals surface area contributed by atoms with E-state index in [2.05, 4.69) is 10.0 Å². The number of methoxy groups -OCH3 is 1. The Morgan fingerprint density at radius 2 is 1.65 bits per heavy atom. The largest absolute Gasteiger partial charge is 0.496 e. The van der Waals surface area contributed by atoms with Crippen molar-refractivity contribution in [3.8, 4) is 11.5 Å². The summed E-state index contributed by atoms with van der Waals surface area (Å²) in [5.74, 6) is 0.828. The van der Waals surface area contributed by atoms with Crippen LogP contribution in [0.4, 0.5) is 5.69 Å². The molecule has 7 nitrogen and oxygen atoms in total. The molecule has 3 rings (SSSR count). The molecule has 0 saturated carbocycles. The number of nitrogens with one attached hydrogen (secondary N) is 2. The van der Waals surface area contributed by atoms with Gasteiger partial charge < -0.3 is 14.8 Å². The summed E-state index contributed by atoms with van der Waals surface area (Å²) in [4.78, 5) is 12.5. The lowest BCUT2D eigenvalue weighted by Gasteiger charge is -2.18. The molecule has 0 saturated heterocycles. The van der Waals surface area contributed by atoms with Gasteiger partial charge in [-0.3, -0.25) is 9.52 Å². The quantitative estimate of drug-likeness (QED) is 0.462. The number of carbonyl (C=O) groups excluding carboxylic acids is 1. The number of sulfonamides is 1. The SMILES string of the molecule is COc1ccccc1[C@@H](C)NC(=O)COc1ccc(S(=O)(=O)Nc2ccc(C)c(C)c2)cc1C. The summed E-state index contributed by atoms with van der Waals surface area (Å²) in [5.41, 5.74) is 4.05. The monoisotopic (exact) mass is 482 g/mol. The zero-order chi connectivity index (χ0) is 24.9. The van der Waals surface area contributed by atoms with E-state index in [4.69, 9.17) is 9.47 Å². The first-order valence-corrected chi connectivity index (χ1v) is 12.3. The van der Waals surface area contributed by atoms with Crippen LogP contribution in [0.2, 0.25) is 0 Å². The van der Waals surface area contributed by atoms with E-state index in [9.17, 15) is 13.2 Å². The maximum Gasteiger partial charge on any atom is 0.261 e. The number of hydrogen-bond donors (Lipinski definition) is 2. The molecule has 0 aromatic heterocycles. The molecule has 34 heavy (non-hydrogen) atoms. The molecule has 2 N–H and O–H groups in total. The van der Waals surface area contributed by atoms with Crippen LogP contribution in [0.25, 0.3) is 0 Å². The van der Waals surface area contributed by atoms with Gasteiger partial charge >= 0.3 is 0 Å². The van der Waals surface area contributed by atoms with Gasteiger partial charge in [-0.05, 0) is 80.8 Å². The molecule has 0 unspecified atom stereocenters. The number of para-hydroxylation sites is 1. The van der Waals surface area contributed by atoms with Gasteiger partial charge in [0.25, 0.3) is 15.9 Å². The highest BCUT2D eigenvalue weighted by molar-refractivity contribution is 7.92. The average molecular weight is 483 g/mol. The highest BCUT2D eigenvalue weighted by Gasteiger charge is 2.17. The van der Waals surface area contributed by atoms with Gasteiger partial charge in [-0.2, -0.15) is 0 Å². The van der Waals surface area contributed by atoms with Crippen molar-refractivity contribution in [1.82, 2.24) is 5.32 Å². The third kappa shape index (κ3) is 6.08. The van der Waals surface area contributed by atoms with E-state index in [1.807, 2.05) is 51.1 Å². The number of aryl methyl sites for hydroxylation is 3. The molecule has 1 atom stereocenters. The summed E-state index contributed by atoms with van der Waals surface area (Å²) >= 11 is 0. The molecule has 1 amide bonds. The second-order valence-electron chi connectivity index (χ2n) is 8.15. The summed E-state index contributed by atoms with van der Waals surface area (Å²) in [6.45, 7) is 7.29. The molecule has 0 aliphatic heterocycles. The average Bonchev–Trinajstić information content (AvgIpc) is 2.80. The first kappa shape index (κ1) is 25.1. The van der Waals surface area contributed by atoms with Crippen molar-refractivity contribution in [2.45, 2.75) is 38.6 Å². The van der Waals surface area contributed by atoms with Crippen LogP contribution in [0.3, 0.4) is 0 Å². The standard InChI is InChI=1S/C26H30N2O5S/c1-17-10-11-21(14-18(17)2)28-34(30,31)22-12-13-24(19(3)15-22)33-16-26(29)27-20(4)23-8-6-7-9-25(23)32-5/h6-15,20,28H,16H2,1-5H3,(H,27,29)/t20-/m1/s1. The summed E-state index contributed by atoms with van der Waals surface area (Å²) < 4.78 is 39.2. The molecule has 0 aliphatic carbocycles. The lowest BCUT2D eigenvalue weighted by Crippen LogP contribution is -2.31. The van der Waals surface area contributed by atoms with Crippen LogP contribution in [0.1, 0.15) is 35.2 Å². The molecule has 0 radical (unpaired) electrons. The first-order chi connectivity index (χ1) is 16.1. The Labute approximate surface area is 201 Å². The number of rotatable bonds is 9. The number of amides is 1. The summed E-state index contributed by atoms with van der Waals surface area (Å²) in [7, 11) is -2.18. The highest BCUT2D eigenvalue weighted by atomic mass is 32.2. The second kappa shape index (κ2) is 10.6. The zero-order valence-corrected chi connectivity index (χ0v) is 20.8. The summed E-state index contributed by atoms with van der Waals surface area (Å²) in [5, 5.41) is 2.88. The van der Waals surface area contributed by atoms with Gasteiger partial charge in [0.15, 0.2) is 6.61 Å². The van der Waals surface area contributed by atoms with Crippen LogP contribution in [0.5, 0.6) is 11.5 Å². The molecule has 3 aromatic carbocycles. The van der Waals surface area contributed by atoms with E-state index in [0.29, 0.717) is 22.7 Å². The van der Waals surface area contributed by atoms with Crippen molar-refractivity contribution in [3.05, 3.63) is 82.9 Å². The van der Waals surface area contributed by atoms with Crippen molar-refractivity contribution in [1.29, 1.82) is 0 Å². The second-order valence-corrected chi connectivity index (χ2v) is 9.83. The molecule has 3 aromatic rings. The van der Waals surface area contributed by atoms with Gasteiger partial charge in [0.2, 0.25) is 0 Å². The number of ether oxygens (including phenoxy) is 2. The predicted molar refractivity (Wildman–Crippen MR) is 133 cm³/mol. The van der Waals surface area contributed by atoms with Gasteiger partial charge in [0.05, 0.1) is 18.0 Å². The maximum absolute atomic E-state index is 12.8. The van der Waals surface area contributed by atoms with Gasteiger partial charge in [-0.15, -0.1) is 0 Å². The third-order valence-electron chi connectivity index (χ3n) is 5.56. The van der Waals surface area contributed by atoms with E-state index in [0.717, 1.165) is 16.7 Å². The zero-order valence-electron chi connectivity index (χ0n) is 20.0. The van der Waals surface area contributed by atoms with Gasteiger partial charge in [-0.25, -0.2) is 8.42 Å². The van der Waals surface area contributed by atoms with Crippen LogP contribution in [-0.2, 0) is 14.8 Å². The number of carbonyl (C=O) groups is 1. The minimum Gasteiger partial charge on any atom is -0.496 e. The lowest BCUT2D eigenvalue weighted by atomic mass is 10.1. The van der Waals surface area contributed by atoms with Gasteiger partial charge in [0, 0.05) is 11.3 Å². The van der Waals surface area contributed by atoms with Crippen LogP contribution in [0, 0.1) is 20.8 Å². The number of anilines is 1. The summed E-state index contributed by atoms with van der Waals surface area (Å²) in [6, 6.07) is 17.1. The molecule has 0 bridgehead atoms. The topological polar surface area (TPSA) is 93.7 Å². The minimum atomic E-state index is -3.76. The van der Waals surface area contributed by atoms with Crippen LogP contribution in [0.15, 0.2) is 65.6 Å². The molecule has 0 heterocycles. The van der Waals surface area contributed by atoms with Crippen molar-refractivity contribution >= 4 is 21.6 Å². The number of benzene rings is 3. The molecular weight excluding hydrogens is 452 g/mol. The molecule has 180 valence electrons. The van der Waals surface area contributed by atoms with Gasteiger partial charge in [-0.1, -0.05) is 24.3 Å². The Bertz CT molecular complexity index is 1290. The third-order valence-corrected chi connectivity index (χ3v) is 6.94. The Hall–Kier alpha value is -3.52. The molecule has 0 spiro atoms.